The number of amides is 1. The average molecular weight is 523 g/mol. The molecule has 1 aliphatic heterocycles. The fourth-order valence-electron chi connectivity index (χ4n) is 4.31. The second kappa shape index (κ2) is 11.0. The number of nitrogens with zero attached hydrogens (tertiary/aromatic N) is 4. The predicted molar refractivity (Wildman–Crippen MR) is 146 cm³/mol. The van der Waals surface area contributed by atoms with Crippen LogP contribution >= 0.6 is 0 Å². The summed E-state index contributed by atoms with van der Waals surface area (Å²) in [6.07, 6.45) is 2.90. The molecule has 0 bridgehead atoms. The molecule has 0 aromatic carbocycles. The molecule has 36 heavy (non-hydrogen) atoms. The Morgan fingerprint density at radius 1 is 1.14 bits per heavy atom. The Morgan fingerprint density at radius 2 is 1.78 bits per heavy atom. The van der Waals surface area contributed by atoms with E-state index in [1.165, 1.54) is 12.3 Å². The molecule has 10 heteroatoms. The molecule has 2 atom stereocenters. The number of hydrogen-bond acceptors (Lipinski definition) is 7. The van der Waals surface area contributed by atoms with Crippen molar-refractivity contribution in [2.75, 3.05) is 24.5 Å². The average Bonchev–Trinajstić information content (AvgIpc) is 2.76. The fraction of sp³-hybridized carbons (Fsp3) is 0.769. The van der Waals surface area contributed by atoms with E-state index < -0.39 is 25.9 Å². The Balaban J connectivity index is 2.36. The molecule has 9 nitrogen and oxygen atoms in total. The highest BCUT2D eigenvalue weighted by atomic mass is 28.2. The number of rotatable bonds is 8. The van der Waals surface area contributed by atoms with Crippen molar-refractivity contribution in [1.82, 2.24) is 9.88 Å². The SMILES string of the molecule is CCCC(C)(OC(=O)N1CCN(c2ccc([N+](=O)[O-])nc2)C[C@@H]1C(C)(C)O[SiH2]C(C)(C)C)C(C)(C)C. The largest absolute Gasteiger partial charge is 0.443 e. The molecule has 1 saturated heterocycles. The first kappa shape index (κ1) is 30.0. The molecule has 2 heterocycles. The molecule has 0 radical (unpaired) electrons. The molecule has 0 spiro atoms. The summed E-state index contributed by atoms with van der Waals surface area (Å²) in [6.45, 7) is 22.6. The van der Waals surface area contributed by atoms with E-state index in [1.54, 1.807) is 6.07 Å². The molecule has 204 valence electrons. The van der Waals surface area contributed by atoms with Crippen molar-refractivity contribution in [1.29, 1.82) is 0 Å². The molecule has 1 aromatic heterocycles. The molecule has 0 N–H and O–H groups in total. The molecule has 1 unspecified atom stereocenters. The first-order valence-electron chi connectivity index (χ1n) is 12.9. The van der Waals surface area contributed by atoms with Gasteiger partial charge >= 0.3 is 11.9 Å². The van der Waals surface area contributed by atoms with Gasteiger partial charge in [0.2, 0.25) is 0 Å². The minimum Gasteiger partial charge on any atom is -0.443 e. The zero-order valence-electron chi connectivity index (χ0n) is 23.9. The molecular formula is C26H46N4O5Si. The minimum atomic E-state index is -0.890. The third-order valence-electron chi connectivity index (χ3n) is 7.21. The summed E-state index contributed by atoms with van der Waals surface area (Å²) >= 11 is 0. The molecule has 0 aliphatic carbocycles. The van der Waals surface area contributed by atoms with Crippen LogP contribution in [-0.4, -0.2) is 67.5 Å². The first-order chi connectivity index (χ1) is 16.4. The van der Waals surface area contributed by atoms with Gasteiger partial charge in [-0.15, -0.1) is 0 Å². The highest BCUT2D eigenvalue weighted by Gasteiger charge is 2.46. The van der Waals surface area contributed by atoms with E-state index in [2.05, 4.69) is 58.4 Å². The Morgan fingerprint density at radius 3 is 2.25 bits per heavy atom. The number of hydrogen-bond donors (Lipinski definition) is 0. The normalized spacial score (nSPS) is 19.4. The lowest BCUT2D eigenvalue weighted by Gasteiger charge is -2.50. The van der Waals surface area contributed by atoms with Crippen LogP contribution in [0, 0.1) is 15.5 Å². The summed E-state index contributed by atoms with van der Waals surface area (Å²) in [7, 11) is -0.890. The van der Waals surface area contributed by atoms with Crippen molar-refractivity contribution in [2.45, 2.75) is 104 Å². The van der Waals surface area contributed by atoms with Crippen LogP contribution in [0.15, 0.2) is 18.3 Å². The van der Waals surface area contributed by atoms with Gasteiger partial charge in [-0.3, -0.25) is 4.90 Å². The number of carbonyl (C=O) groups is 1. The standard InChI is InChI=1S/C26H46N4O5Si/c1-11-14-26(10,23(2,3)4)34-22(31)29-16-15-28(19-12-13-21(27-17-19)30(32)33)18-20(29)25(8,9)35-36-24(5,6)7/h12-13,17,20H,11,14-16,18,36H2,1-10H3/t20-,26?/m1/s1. The Kier molecular flexibility index (Phi) is 9.21. The lowest BCUT2D eigenvalue weighted by molar-refractivity contribution is -0.389. The Labute approximate surface area is 219 Å². The molecule has 1 amide bonds. The number of nitro groups is 1. The molecular weight excluding hydrogens is 476 g/mol. The quantitative estimate of drug-likeness (QED) is 0.259. The number of ether oxygens (including phenoxy) is 1. The van der Waals surface area contributed by atoms with Gasteiger partial charge in [0, 0.05) is 31.1 Å². The molecule has 2 rings (SSSR count). The van der Waals surface area contributed by atoms with E-state index in [0.717, 1.165) is 18.5 Å². The maximum Gasteiger partial charge on any atom is 0.410 e. The summed E-state index contributed by atoms with van der Waals surface area (Å²) in [6, 6.07) is 2.86. The number of piperazine rings is 1. The molecule has 1 fully saturated rings. The van der Waals surface area contributed by atoms with Crippen molar-refractivity contribution in [3.8, 4) is 0 Å². The van der Waals surface area contributed by atoms with Crippen molar-refractivity contribution >= 4 is 27.4 Å². The zero-order valence-corrected chi connectivity index (χ0v) is 25.3. The van der Waals surface area contributed by atoms with Gasteiger partial charge in [0.05, 0.1) is 17.3 Å². The highest BCUT2D eigenvalue weighted by Crippen LogP contribution is 2.39. The summed E-state index contributed by atoms with van der Waals surface area (Å²) in [5, 5.41) is 11.1. The first-order valence-corrected chi connectivity index (χ1v) is 14.2. The molecule has 1 aromatic rings. The number of pyridine rings is 1. The van der Waals surface area contributed by atoms with Crippen LogP contribution in [0.5, 0.6) is 0 Å². The van der Waals surface area contributed by atoms with Crippen molar-refractivity contribution in [2.24, 2.45) is 5.41 Å². The van der Waals surface area contributed by atoms with Gasteiger partial charge in [-0.05, 0) is 48.2 Å². The third-order valence-corrected chi connectivity index (χ3v) is 8.96. The van der Waals surface area contributed by atoms with E-state index in [0.29, 0.717) is 19.6 Å². The van der Waals surface area contributed by atoms with E-state index in [-0.39, 0.29) is 28.4 Å². The second-order valence-electron chi connectivity index (χ2n) is 12.8. The van der Waals surface area contributed by atoms with Crippen LogP contribution in [0.1, 0.15) is 82.1 Å². The molecule has 1 aliphatic rings. The zero-order chi connectivity index (χ0) is 27.5. The Hall–Kier alpha value is -2.20. The van der Waals surface area contributed by atoms with Crippen LogP contribution in [0.25, 0.3) is 0 Å². The molecule has 0 saturated carbocycles. The third kappa shape index (κ3) is 7.41. The van der Waals surface area contributed by atoms with Crippen molar-refractivity contribution in [3.63, 3.8) is 0 Å². The number of carbonyl (C=O) groups excluding carboxylic acids is 1. The van der Waals surface area contributed by atoms with Gasteiger partial charge in [-0.2, -0.15) is 0 Å². The van der Waals surface area contributed by atoms with E-state index in [9.17, 15) is 14.9 Å². The van der Waals surface area contributed by atoms with E-state index in [4.69, 9.17) is 9.16 Å². The van der Waals surface area contributed by atoms with Gasteiger partial charge in [0.15, 0.2) is 16.0 Å². The van der Waals surface area contributed by atoms with Crippen LogP contribution < -0.4 is 4.90 Å². The maximum atomic E-state index is 13.7. The van der Waals surface area contributed by atoms with Crippen molar-refractivity contribution in [3.05, 3.63) is 28.4 Å². The summed E-state index contributed by atoms with van der Waals surface area (Å²) < 4.78 is 12.8. The summed E-state index contributed by atoms with van der Waals surface area (Å²) in [5.74, 6) is -0.185. The fourth-order valence-corrected chi connectivity index (χ4v) is 5.31. The lowest BCUT2D eigenvalue weighted by Crippen LogP contribution is -2.64. The highest BCUT2D eigenvalue weighted by molar-refractivity contribution is 6.31. The van der Waals surface area contributed by atoms with Gasteiger partial charge < -0.3 is 24.2 Å². The monoisotopic (exact) mass is 522 g/mol. The smallest absolute Gasteiger partial charge is 0.410 e. The van der Waals surface area contributed by atoms with Crippen molar-refractivity contribution < 1.29 is 18.9 Å². The van der Waals surface area contributed by atoms with E-state index in [1.807, 2.05) is 25.7 Å². The van der Waals surface area contributed by atoms with Crippen LogP contribution in [0.3, 0.4) is 0 Å². The number of aromatic nitrogens is 1. The van der Waals surface area contributed by atoms with Crippen LogP contribution in [0.4, 0.5) is 16.3 Å². The summed E-state index contributed by atoms with van der Waals surface area (Å²) in [5.41, 5.74) is -0.638. The maximum absolute atomic E-state index is 13.7. The second-order valence-corrected chi connectivity index (χ2v) is 15.5. The predicted octanol–water partition coefficient (Wildman–Crippen LogP) is 5.32. The van der Waals surface area contributed by atoms with Gasteiger partial charge in [-0.25, -0.2) is 4.79 Å². The van der Waals surface area contributed by atoms with Gasteiger partial charge in [0.25, 0.3) is 0 Å². The van der Waals surface area contributed by atoms with Crippen LogP contribution in [-0.2, 0) is 9.16 Å². The van der Waals surface area contributed by atoms with Crippen LogP contribution in [0.2, 0.25) is 5.04 Å². The van der Waals surface area contributed by atoms with Gasteiger partial charge in [-0.1, -0.05) is 54.9 Å². The Bertz CT molecular complexity index is 910. The van der Waals surface area contributed by atoms with E-state index >= 15 is 0 Å². The minimum absolute atomic E-state index is 0.102. The topological polar surface area (TPSA) is 98.0 Å². The number of anilines is 1. The lowest BCUT2D eigenvalue weighted by atomic mass is 9.75. The summed E-state index contributed by atoms with van der Waals surface area (Å²) in [4.78, 5) is 32.2. The van der Waals surface area contributed by atoms with Gasteiger partial charge in [0.1, 0.15) is 5.60 Å².